The van der Waals surface area contributed by atoms with Crippen molar-refractivity contribution < 1.29 is 129 Å². The minimum atomic E-state index is -8.16. The van der Waals surface area contributed by atoms with E-state index in [-0.39, 0.29) is 0 Å². The molecule has 302 valence electrons. The van der Waals surface area contributed by atoms with Crippen molar-refractivity contribution in [1.82, 2.24) is 0 Å². The molecule has 0 spiro atoms. The quantitative estimate of drug-likeness (QED) is 0.0985. The summed E-state index contributed by atoms with van der Waals surface area (Å²) in [5.41, 5.74) is 0. The van der Waals surface area contributed by atoms with Gasteiger partial charge in [0.15, 0.2) is 0 Å². The fourth-order valence-corrected chi connectivity index (χ4v) is 3.23. The largest absolute Gasteiger partial charge is 0.460 e. The third kappa shape index (κ3) is 8.16. The summed E-state index contributed by atoms with van der Waals surface area (Å²) in [6.45, 7) is -5.44. The van der Waals surface area contributed by atoms with E-state index < -0.39 is 130 Å². The molecule has 0 heterocycles. The Kier molecular flexibility index (Phi) is 13.9. The van der Waals surface area contributed by atoms with Gasteiger partial charge in [0.2, 0.25) is 0 Å². The van der Waals surface area contributed by atoms with Crippen LogP contribution < -0.4 is 0 Å². The Labute approximate surface area is 259 Å². The second kappa shape index (κ2) is 14.5. The van der Waals surface area contributed by atoms with Gasteiger partial charge in [0.1, 0.15) is 6.10 Å². The number of aliphatic hydroxyl groups is 1. The van der Waals surface area contributed by atoms with Crippen LogP contribution in [0, 0.1) is 0 Å². The number of hydrogen-bond donors (Lipinski definition) is 1. The standard InChI is InChI=1S/C21H18F26O3/c22-10(23,12(26,27)14(30,31)16(34,35)18(38,39)20(42,43)44)3-1-5-49-8-9(7-48)50-6-2-4-11(24,25)13(28,29)15(32,33)17(36,37)19(40,41)21(45,46)47/h9,48H,1-8H2. The van der Waals surface area contributed by atoms with Crippen molar-refractivity contribution in [3.8, 4) is 0 Å². The molecule has 1 atom stereocenters. The normalized spacial score (nSPS) is 16.6. The fourth-order valence-electron chi connectivity index (χ4n) is 3.23. The monoisotopic (exact) mass is 812 g/mol. The van der Waals surface area contributed by atoms with Crippen molar-refractivity contribution in [2.75, 3.05) is 26.4 Å². The Hall–Kier alpha value is -1.94. The number of alkyl halides is 26. The van der Waals surface area contributed by atoms with E-state index in [1.807, 2.05) is 0 Å². The highest BCUT2D eigenvalue weighted by molar-refractivity contribution is 5.11. The van der Waals surface area contributed by atoms with Crippen LogP contribution in [0.4, 0.5) is 114 Å². The van der Waals surface area contributed by atoms with Crippen molar-refractivity contribution in [1.29, 1.82) is 0 Å². The maximum atomic E-state index is 13.7. The predicted octanol–water partition coefficient (Wildman–Crippen LogP) is 9.42. The van der Waals surface area contributed by atoms with Crippen LogP contribution in [0.1, 0.15) is 25.7 Å². The van der Waals surface area contributed by atoms with E-state index in [0.717, 1.165) is 0 Å². The highest BCUT2D eigenvalue weighted by Crippen LogP contribution is 2.62. The number of aliphatic hydroxyl groups excluding tert-OH is 1. The number of rotatable bonds is 20. The summed E-state index contributed by atoms with van der Waals surface area (Å²) in [7, 11) is 0. The first kappa shape index (κ1) is 48.1. The van der Waals surface area contributed by atoms with E-state index in [0.29, 0.717) is 0 Å². The Balaban J connectivity index is 5.31. The zero-order valence-electron chi connectivity index (χ0n) is 23.3. The Morgan fingerprint density at radius 2 is 0.660 bits per heavy atom. The van der Waals surface area contributed by atoms with Crippen LogP contribution in [0.3, 0.4) is 0 Å². The summed E-state index contributed by atoms with van der Waals surface area (Å²) >= 11 is 0. The number of halogens is 26. The zero-order chi connectivity index (χ0) is 40.6. The van der Waals surface area contributed by atoms with Gasteiger partial charge in [-0.25, -0.2) is 0 Å². The van der Waals surface area contributed by atoms with Gasteiger partial charge in [-0.05, 0) is 12.8 Å². The van der Waals surface area contributed by atoms with Crippen molar-refractivity contribution in [2.45, 2.75) is 103 Å². The van der Waals surface area contributed by atoms with Gasteiger partial charge in [-0.15, -0.1) is 0 Å². The van der Waals surface area contributed by atoms with Gasteiger partial charge in [-0.3, -0.25) is 0 Å². The number of hydrogen-bond acceptors (Lipinski definition) is 3. The number of ether oxygens (including phenoxy) is 2. The molecule has 0 aliphatic carbocycles. The highest BCUT2D eigenvalue weighted by atomic mass is 19.4. The molecule has 0 aliphatic rings. The molecule has 0 saturated carbocycles. The molecule has 0 aromatic rings. The predicted molar refractivity (Wildman–Crippen MR) is 108 cm³/mol. The first-order valence-electron chi connectivity index (χ1n) is 12.4. The molecule has 0 aliphatic heterocycles. The molecule has 0 bridgehead atoms. The van der Waals surface area contributed by atoms with Gasteiger partial charge < -0.3 is 14.6 Å². The van der Waals surface area contributed by atoms with Crippen LogP contribution in [0.5, 0.6) is 0 Å². The molecule has 1 unspecified atom stereocenters. The maximum absolute atomic E-state index is 13.7. The lowest BCUT2D eigenvalue weighted by Gasteiger charge is -2.39. The van der Waals surface area contributed by atoms with Crippen LogP contribution in [0.15, 0.2) is 0 Å². The van der Waals surface area contributed by atoms with Crippen molar-refractivity contribution in [2.24, 2.45) is 0 Å². The molecule has 0 fully saturated rings. The van der Waals surface area contributed by atoms with E-state index in [1.54, 1.807) is 0 Å². The molecule has 0 saturated heterocycles. The Morgan fingerprint density at radius 1 is 0.380 bits per heavy atom. The van der Waals surface area contributed by atoms with Gasteiger partial charge in [-0.2, -0.15) is 114 Å². The molecule has 0 amide bonds. The average molecular weight is 812 g/mol. The molecule has 1 N–H and O–H groups in total. The van der Waals surface area contributed by atoms with E-state index in [9.17, 15) is 114 Å². The maximum Gasteiger partial charge on any atom is 0.460 e. The van der Waals surface area contributed by atoms with Gasteiger partial charge >= 0.3 is 71.6 Å². The van der Waals surface area contributed by atoms with E-state index in [1.165, 1.54) is 0 Å². The van der Waals surface area contributed by atoms with E-state index in [2.05, 4.69) is 9.47 Å². The molecule has 0 radical (unpaired) electrons. The molecular formula is C21H18F26O3. The van der Waals surface area contributed by atoms with Gasteiger partial charge in [-0.1, -0.05) is 0 Å². The fraction of sp³-hybridized carbons (Fsp3) is 1.00. The third-order valence-electron chi connectivity index (χ3n) is 6.27. The zero-order valence-corrected chi connectivity index (χ0v) is 23.3. The molecule has 3 nitrogen and oxygen atoms in total. The first-order chi connectivity index (χ1) is 21.6. The minimum absolute atomic E-state index is 1.23. The summed E-state index contributed by atoms with van der Waals surface area (Å²) in [5.74, 6) is -76.6. The van der Waals surface area contributed by atoms with Gasteiger partial charge in [0.05, 0.1) is 13.2 Å². The van der Waals surface area contributed by atoms with Crippen molar-refractivity contribution in [3.05, 3.63) is 0 Å². The second-order valence-electron chi connectivity index (χ2n) is 9.96. The summed E-state index contributed by atoms with van der Waals surface area (Å²) in [6.07, 6.45) is -26.0. The Bertz CT molecular complexity index is 1090. The van der Waals surface area contributed by atoms with Crippen LogP contribution in [-0.2, 0) is 9.47 Å². The molecule has 0 aromatic heterocycles. The smallest absolute Gasteiger partial charge is 0.394 e. The van der Waals surface area contributed by atoms with Crippen LogP contribution in [0.2, 0.25) is 0 Å². The molecule has 0 aromatic carbocycles. The molecule has 0 rings (SSSR count). The van der Waals surface area contributed by atoms with Crippen molar-refractivity contribution in [3.63, 3.8) is 0 Å². The lowest BCUT2D eigenvalue weighted by molar-refractivity contribution is -0.440. The van der Waals surface area contributed by atoms with Crippen LogP contribution in [-0.4, -0.2) is 109 Å². The lowest BCUT2D eigenvalue weighted by Crippen LogP contribution is -2.70. The molecule has 29 heteroatoms. The summed E-state index contributed by atoms with van der Waals surface area (Å²) < 4.78 is 348. The summed E-state index contributed by atoms with van der Waals surface area (Å²) in [5, 5.41) is 9.00. The van der Waals surface area contributed by atoms with Gasteiger partial charge in [0, 0.05) is 26.1 Å². The topological polar surface area (TPSA) is 38.7 Å². The van der Waals surface area contributed by atoms with E-state index >= 15 is 0 Å². The second-order valence-corrected chi connectivity index (χ2v) is 9.96. The lowest BCUT2D eigenvalue weighted by atomic mass is 9.92. The minimum Gasteiger partial charge on any atom is -0.394 e. The highest BCUT2D eigenvalue weighted by Gasteiger charge is 2.91. The molecular weight excluding hydrogens is 794 g/mol. The van der Waals surface area contributed by atoms with Crippen LogP contribution in [0.25, 0.3) is 0 Å². The first-order valence-corrected chi connectivity index (χ1v) is 12.4. The average Bonchev–Trinajstić information content (AvgIpc) is 2.91. The third-order valence-corrected chi connectivity index (χ3v) is 6.27. The SMILES string of the molecule is OCC(COCCCC(F)(F)C(F)(F)C(F)(F)C(F)(F)C(F)(F)C(F)(F)F)OCCCC(F)(F)C(F)(F)C(F)(F)C(F)(F)C(F)(F)C(F)(F)F. The van der Waals surface area contributed by atoms with E-state index in [4.69, 9.17) is 5.11 Å². The summed E-state index contributed by atoms with van der Waals surface area (Å²) in [4.78, 5) is 0. The van der Waals surface area contributed by atoms with Gasteiger partial charge in [0.25, 0.3) is 0 Å². The van der Waals surface area contributed by atoms with Crippen molar-refractivity contribution >= 4 is 0 Å². The summed E-state index contributed by atoms with van der Waals surface area (Å²) in [6, 6.07) is 0. The Morgan fingerprint density at radius 3 is 0.940 bits per heavy atom. The van der Waals surface area contributed by atoms with Crippen LogP contribution >= 0.6 is 0 Å². The molecule has 50 heavy (non-hydrogen) atoms.